The van der Waals surface area contributed by atoms with Crippen LogP contribution < -0.4 is 9.62 Å². The van der Waals surface area contributed by atoms with Gasteiger partial charge in [0, 0.05) is 45.5 Å². The zero-order valence-corrected chi connectivity index (χ0v) is 18.5. The number of anilines is 1. The highest BCUT2D eigenvalue weighted by atomic mass is 32.2. The van der Waals surface area contributed by atoms with Gasteiger partial charge in [-0.1, -0.05) is 24.3 Å². The second kappa shape index (κ2) is 9.26. The first-order chi connectivity index (χ1) is 13.8. The zero-order valence-electron chi connectivity index (χ0n) is 17.7. The molecule has 0 amide bonds. The van der Waals surface area contributed by atoms with E-state index in [0.717, 1.165) is 35.5 Å². The number of rotatable bonds is 7. The van der Waals surface area contributed by atoms with Gasteiger partial charge >= 0.3 is 0 Å². The van der Waals surface area contributed by atoms with Crippen molar-refractivity contribution >= 4 is 15.7 Å². The Morgan fingerprint density at radius 3 is 2.34 bits per heavy atom. The number of ether oxygens (including phenoxy) is 1. The minimum absolute atomic E-state index is 0.0463. The van der Waals surface area contributed by atoms with E-state index in [1.54, 1.807) is 12.1 Å². The number of nitrogens with zero attached hydrogens (tertiary/aromatic N) is 2. The highest BCUT2D eigenvalue weighted by molar-refractivity contribution is 7.89. The summed E-state index contributed by atoms with van der Waals surface area (Å²) in [6.45, 7) is 6.99. The molecule has 1 saturated heterocycles. The molecule has 1 heterocycles. The topological polar surface area (TPSA) is 61.9 Å². The maximum absolute atomic E-state index is 13.0. The fourth-order valence-corrected chi connectivity index (χ4v) is 4.98. The van der Waals surface area contributed by atoms with E-state index in [4.69, 9.17) is 4.74 Å². The predicted octanol–water partition coefficient (Wildman–Crippen LogP) is 2.72. The molecule has 0 spiro atoms. The monoisotopic (exact) mass is 417 g/mol. The minimum Gasteiger partial charge on any atom is -0.379 e. The first-order valence-electron chi connectivity index (χ1n) is 9.94. The van der Waals surface area contributed by atoms with Gasteiger partial charge in [-0.3, -0.25) is 4.90 Å². The van der Waals surface area contributed by atoms with E-state index in [1.807, 2.05) is 34.0 Å². The van der Waals surface area contributed by atoms with Crippen molar-refractivity contribution < 1.29 is 13.2 Å². The van der Waals surface area contributed by atoms with Gasteiger partial charge in [-0.05, 0) is 48.7 Å². The lowest BCUT2D eigenvalue weighted by Gasteiger charge is -2.35. The Kier molecular flexibility index (Phi) is 6.95. The molecule has 0 bridgehead atoms. The summed E-state index contributed by atoms with van der Waals surface area (Å²) in [6, 6.07) is 13.6. The van der Waals surface area contributed by atoms with Crippen LogP contribution in [0.2, 0.25) is 0 Å². The van der Waals surface area contributed by atoms with Crippen molar-refractivity contribution in [2.45, 2.75) is 24.8 Å². The van der Waals surface area contributed by atoms with Gasteiger partial charge < -0.3 is 9.64 Å². The molecule has 1 atom stereocenters. The molecule has 1 aliphatic heterocycles. The van der Waals surface area contributed by atoms with Crippen LogP contribution in [0.3, 0.4) is 0 Å². The number of morpholine rings is 1. The average molecular weight is 418 g/mol. The molecule has 2 aromatic carbocycles. The van der Waals surface area contributed by atoms with E-state index in [0.29, 0.717) is 24.7 Å². The second-order valence-electron chi connectivity index (χ2n) is 7.70. The van der Waals surface area contributed by atoms with Gasteiger partial charge in [-0.25, -0.2) is 13.1 Å². The van der Waals surface area contributed by atoms with E-state index < -0.39 is 10.0 Å². The first kappa shape index (κ1) is 21.8. The molecule has 0 saturated carbocycles. The summed E-state index contributed by atoms with van der Waals surface area (Å²) >= 11 is 0. The lowest BCUT2D eigenvalue weighted by molar-refractivity contribution is 0.0172. The Hall–Kier alpha value is -1.93. The summed E-state index contributed by atoms with van der Waals surface area (Å²) in [5.41, 5.74) is 3.97. The maximum Gasteiger partial charge on any atom is 0.240 e. The van der Waals surface area contributed by atoms with Gasteiger partial charge in [0.1, 0.15) is 0 Å². The van der Waals surface area contributed by atoms with Gasteiger partial charge in [0.15, 0.2) is 0 Å². The van der Waals surface area contributed by atoms with E-state index in [-0.39, 0.29) is 6.04 Å². The molecule has 0 unspecified atom stereocenters. The lowest BCUT2D eigenvalue weighted by atomic mass is 10.0. The highest BCUT2D eigenvalue weighted by Gasteiger charge is 2.26. The van der Waals surface area contributed by atoms with Crippen molar-refractivity contribution in [3.05, 3.63) is 59.2 Å². The van der Waals surface area contributed by atoms with Crippen molar-refractivity contribution in [2.24, 2.45) is 0 Å². The quantitative estimate of drug-likeness (QED) is 0.751. The van der Waals surface area contributed by atoms with Crippen LogP contribution in [0, 0.1) is 13.8 Å². The molecule has 2 aromatic rings. The van der Waals surface area contributed by atoms with Gasteiger partial charge in [0.2, 0.25) is 10.0 Å². The summed E-state index contributed by atoms with van der Waals surface area (Å²) < 4.78 is 34.4. The van der Waals surface area contributed by atoms with Crippen molar-refractivity contribution in [3.63, 3.8) is 0 Å². The third kappa shape index (κ3) is 5.17. The molecule has 0 aromatic heterocycles. The van der Waals surface area contributed by atoms with Crippen LogP contribution >= 0.6 is 0 Å². The lowest BCUT2D eigenvalue weighted by Crippen LogP contribution is -2.43. The number of benzene rings is 2. The Morgan fingerprint density at radius 2 is 1.72 bits per heavy atom. The summed E-state index contributed by atoms with van der Waals surface area (Å²) in [5.74, 6) is 0. The van der Waals surface area contributed by atoms with Gasteiger partial charge in [-0.15, -0.1) is 0 Å². The Balaban J connectivity index is 1.84. The normalized spacial score (nSPS) is 16.6. The van der Waals surface area contributed by atoms with Crippen molar-refractivity contribution in [3.8, 4) is 0 Å². The summed E-state index contributed by atoms with van der Waals surface area (Å²) in [4.78, 5) is 4.69. The molecular weight excluding hydrogens is 386 g/mol. The molecule has 0 radical (unpaired) electrons. The van der Waals surface area contributed by atoms with Crippen LogP contribution in [0.5, 0.6) is 0 Å². The van der Waals surface area contributed by atoms with E-state index in [2.05, 4.69) is 38.8 Å². The summed E-state index contributed by atoms with van der Waals surface area (Å²) in [6.07, 6.45) is 0. The largest absolute Gasteiger partial charge is 0.379 e. The maximum atomic E-state index is 13.0. The number of aryl methyl sites for hydroxylation is 1. The smallest absolute Gasteiger partial charge is 0.240 e. The highest BCUT2D eigenvalue weighted by Crippen LogP contribution is 2.25. The summed E-state index contributed by atoms with van der Waals surface area (Å²) in [5, 5.41) is 0. The molecule has 1 fully saturated rings. The van der Waals surface area contributed by atoms with Crippen molar-refractivity contribution in [1.29, 1.82) is 0 Å². The van der Waals surface area contributed by atoms with E-state index >= 15 is 0 Å². The molecule has 29 heavy (non-hydrogen) atoms. The van der Waals surface area contributed by atoms with Crippen LogP contribution in [0.15, 0.2) is 47.4 Å². The SMILES string of the molecule is Cc1cccc(S(=O)(=O)NC[C@@H](c2ccc(N(C)C)cc2)N2CCOCC2)c1C. The molecule has 1 aliphatic rings. The van der Waals surface area contributed by atoms with Crippen LogP contribution in [0.25, 0.3) is 0 Å². The zero-order chi connectivity index (χ0) is 21.0. The van der Waals surface area contributed by atoms with Crippen LogP contribution in [-0.4, -0.2) is 60.3 Å². The van der Waals surface area contributed by atoms with Crippen molar-refractivity contribution in [1.82, 2.24) is 9.62 Å². The molecule has 3 rings (SSSR count). The van der Waals surface area contributed by atoms with Gasteiger partial charge in [0.25, 0.3) is 0 Å². The summed E-state index contributed by atoms with van der Waals surface area (Å²) in [7, 11) is 0.421. The minimum atomic E-state index is -3.59. The molecule has 1 N–H and O–H groups in total. The third-order valence-corrected chi connectivity index (χ3v) is 7.16. The van der Waals surface area contributed by atoms with Crippen LogP contribution in [0.4, 0.5) is 5.69 Å². The molecule has 158 valence electrons. The fraction of sp³-hybridized carbons (Fsp3) is 0.455. The number of hydrogen-bond acceptors (Lipinski definition) is 5. The van der Waals surface area contributed by atoms with Crippen molar-refractivity contribution in [2.75, 3.05) is 51.8 Å². The molecule has 6 nitrogen and oxygen atoms in total. The number of nitrogens with one attached hydrogen (secondary N) is 1. The van der Waals surface area contributed by atoms with Crippen LogP contribution in [0.1, 0.15) is 22.7 Å². The average Bonchev–Trinajstić information content (AvgIpc) is 2.71. The number of hydrogen-bond donors (Lipinski definition) is 1. The standard InChI is InChI=1S/C22H31N3O3S/c1-17-6-5-7-22(18(17)2)29(26,27)23-16-21(25-12-14-28-15-13-25)19-8-10-20(11-9-19)24(3)4/h5-11,21,23H,12-16H2,1-4H3/t21-/m0/s1. The fourth-order valence-electron chi connectivity index (χ4n) is 3.62. The molecule has 0 aliphatic carbocycles. The molecular formula is C22H31N3O3S. The molecule has 7 heteroatoms. The Bertz CT molecular complexity index is 921. The van der Waals surface area contributed by atoms with Gasteiger partial charge in [0.05, 0.1) is 18.1 Å². The Labute approximate surface area is 174 Å². The second-order valence-corrected chi connectivity index (χ2v) is 9.44. The van der Waals surface area contributed by atoms with E-state index in [9.17, 15) is 8.42 Å². The number of sulfonamides is 1. The van der Waals surface area contributed by atoms with Crippen LogP contribution in [-0.2, 0) is 14.8 Å². The Morgan fingerprint density at radius 1 is 1.07 bits per heavy atom. The first-order valence-corrected chi connectivity index (χ1v) is 11.4. The van der Waals surface area contributed by atoms with Gasteiger partial charge in [-0.2, -0.15) is 0 Å². The predicted molar refractivity (Wildman–Crippen MR) is 117 cm³/mol. The van der Waals surface area contributed by atoms with E-state index in [1.165, 1.54) is 0 Å². The third-order valence-electron chi connectivity index (χ3n) is 5.59.